The van der Waals surface area contributed by atoms with Gasteiger partial charge in [-0.3, -0.25) is 20.0 Å². The fraction of sp³-hybridized carbons (Fsp3) is 0.231. The van der Waals surface area contributed by atoms with Crippen molar-refractivity contribution < 1.29 is 23.9 Å². The van der Waals surface area contributed by atoms with Crippen molar-refractivity contribution in [1.29, 1.82) is 0 Å². The summed E-state index contributed by atoms with van der Waals surface area (Å²) in [5, 5.41) is 7.11. The van der Waals surface area contributed by atoms with Crippen molar-refractivity contribution in [3.8, 4) is 10.6 Å². The summed E-state index contributed by atoms with van der Waals surface area (Å²) in [5.74, 6) is 5.16. The van der Waals surface area contributed by atoms with E-state index in [0.29, 0.717) is 22.7 Å². The molecule has 1 atom stereocenters. The highest BCUT2D eigenvalue weighted by Gasteiger charge is 2.34. The Morgan fingerprint density at radius 3 is 2.50 bits per heavy atom. The molecule has 12 nitrogen and oxygen atoms in total. The van der Waals surface area contributed by atoms with Crippen LogP contribution < -0.4 is 16.6 Å². The first-order chi connectivity index (χ1) is 19.2. The number of carbonyl (C=O) groups is 4. The molecule has 0 radical (unpaired) electrons. The molecule has 1 aliphatic heterocycles. The first-order valence-electron chi connectivity index (χ1n) is 12.1. The van der Waals surface area contributed by atoms with E-state index < -0.39 is 24.1 Å². The highest BCUT2D eigenvalue weighted by Crippen LogP contribution is 2.29. The van der Waals surface area contributed by atoms with Crippen molar-refractivity contribution in [3.63, 3.8) is 0 Å². The Hall–Kier alpha value is -4.27. The van der Waals surface area contributed by atoms with Crippen LogP contribution in [-0.4, -0.2) is 49.8 Å². The molecule has 0 aliphatic carbocycles. The van der Waals surface area contributed by atoms with Crippen LogP contribution in [-0.2, 0) is 16.1 Å². The normalized spacial score (nSPS) is 13.3. The highest BCUT2D eigenvalue weighted by atomic mass is 32.2. The van der Waals surface area contributed by atoms with Gasteiger partial charge in [0.15, 0.2) is 6.29 Å². The molecule has 0 unspecified atom stereocenters. The van der Waals surface area contributed by atoms with E-state index in [9.17, 15) is 19.2 Å². The molecule has 208 valence electrons. The lowest BCUT2D eigenvalue weighted by molar-refractivity contribution is -0.131. The van der Waals surface area contributed by atoms with Crippen molar-refractivity contribution in [2.24, 2.45) is 11.8 Å². The molecule has 4 rings (SSSR count). The summed E-state index contributed by atoms with van der Waals surface area (Å²) < 4.78 is 6.33. The predicted octanol–water partition coefficient (Wildman–Crippen LogP) is 3.95. The number of nitrogens with one attached hydrogen (secondary N) is 2. The molecule has 14 heteroatoms. The quantitative estimate of drug-likeness (QED) is 0.111. The lowest BCUT2D eigenvalue weighted by Crippen LogP contribution is -2.57. The molecular formula is C26H27N7O5S2. The number of aromatic nitrogens is 2. The fourth-order valence-corrected chi connectivity index (χ4v) is 5.12. The zero-order valence-electron chi connectivity index (χ0n) is 21.6. The standard InChI is InChI=1S/C26H27N7O5S2/c1-16(2)11-21(30-25(36)38-13-17-7-9-28-10-8-17)24(35)32(27)26(37)33-31-22(15-40-33)18-3-5-19(6-4-18)23-29-20(12-34)14-39-23/h3-10,12,14-16,21,31H,11,13,27H2,1-2H3,(H,30,36)/t21-/m0/s1. The minimum Gasteiger partial charge on any atom is -0.445 e. The second-order valence-corrected chi connectivity index (χ2v) is 10.7. The number of hydrazine groups is 2. The summed E-state index contributed by atoms with van der Waals surface area (Å²) in [6.45, 7) is 3.75. The Bertz CT molecular complexity index is 1400. The summed E-state index contributed by atoms with van der Waals surface area (Å²) in [5.41, 5.74) is 6.30. The maximum atomic E-state index is 13.1. The second kappa shape index (κ2) is 13.2. The number of imide groups is 1. The topological polar surface area (TPSA) is 160 Å². The number of hydrogen-bond donors (Lipinski definition) is 3. The first kappa shape index (κ1) is 28.7. The molecule has 4 N–H and O–H groups in total. The Balaban J connectivity index is 1.34. The molecule has 0 saturated carbocycles. The van der Waals surface area contributed by atoms with Crippen LogP contribution in [0.2, 0.25) is 0 Å². The number of alkyl carbamates (subject to hydrolysis) is 1. The van der Waals surface area contributed by atoms with Gasteiger partial charge in [-0.1, -0.05) is 38.1 Å². The minimum atomic E-state index is -1.07. The van der Waals surface area contributed by atoms with Crippen molar-refractivity contribution in [1.82, 2.24) is 30.1 Å². The Morgan fingerprint density at radius 2 is 1.85 bits per heavy atom. The van der Waals surface area contributed by atoms with Crippen LogP contribution >= 0.6 is 23.3 Å². The summed E-state index contributed by atoms with van der Waals surface area (Å²) >= 11 is 2.39. The maximum absolute atomic E-state index is 13.1. The monoisotopic (exact) mass is 581 g/mol. The van der Waals surface area contributed by atoms with E-state index in [-0.39, 0.29) is 18.9 Å². The van der Waals surface area contributed by atoms with Gasteiger partial charge in [0, 0.05) is 46.3 Å². The van der Waals surface area contributed by atoms with E-state index in [2.05, 4.69) is 20.7 Å². The van der Waals surface area contributed by atoms with Gasteiger partial charge in [-0.25, -0.2) is 20.4 Å². The number of pyridine rings is 1. The molecule has 2 aromatic heterocycles. The Morgan fingerprint density at radius 1 is 1.15 bits per heavy atom. The molecule has 1 aliphatic rings. The molecule has 0 saturated heterocycles. The van der Waals surface area contributed by atoms with Crippen molar-refractivity contribution in [3.05, 3.63) is 76.4 Å². The zero-order valence-corrected chi connectivity index (χ0v) is 23.3. The van der Waals surface area contributed by atoms with Crippen LogP contribution in [0.25, 0.3) is 16.3 Å². The van der Waals surface area contributed by atoms with Gasteiger partial charge in [-0.15, -0.1) is 11.3 Å². The largest absolute Gasteiger partial charge is 0.445 e. The van der Waals surface area contributed by atoms with Gasteiger partial charge in [-0.05, 0) is 30.0 Å². The number of nitrogens with two attached hydrogens (primary N) is 1. The first-order valence-corrected chi connectivity index (χ1v) is 13.9. The number of urea groups is 1. The van der Waals surface area contributed by atoms with Crippen LogP contribution in [0.1, 0.15) is 41.9 Å². The number of ether oxygens (including phenoxy) is 1. The Kier molecular flexibility index (Phi) is 9.47. The maximum Gasteiger partial charge on any atom is 0.408 e. The number of nitrogens with zero attached hydrogens (tertiary/aromatic N) is 4. The molecule has 40 heavy (non-hydrogen) atoms. The van der Waals surface area contributed by atoms with E-state index in [1.807, 2.05) is 38.1 Å². The summed E-state index contributed by atoms with van der Waals surface area (Å²) in [6, 6.07) is 8.91. The number of amides is 4. The molecule has 3 heterocycles. The number of benzene rings is 1. The number of rotatable bonds is 9. The second-order valence-electron chi connectivity index (χ2n) is 9.06. The molecule has 0 fully saturated rings. The molecule has 0 spiro atoms. The Labute approximate surface area is 238 Å². The van der Waals surface area contributed by atoms with Crippen molar-refractivity contribution >= 4 is 53.3 Å². The lowest BCUT2D eigenvalue weighted by Gasteiger charge is -2.26. The average molecular weight is 582 g/mol. The molecule has 4 amide bonds. The van der Waals surface area contributed by atoms with Crippen molar-refractivity contribution in [2.45, 2.75) is 32.9 Å². The number of hydrogen-bond acceptors (Lipinski definition) is 11. The number of carbonyl (C=O) groups excluding carboxylic acids is 4. The highest BCUT2D eigenvalue weighted by molar-refractivity contribution is 8.00. The summed E-state index contributed by atoms with van der Waals surface area (Å²) in [7, 11) is 0. The SMILES string of the molecule is CC(C)C[C@H](NC(=O)OCc1ccncc1)C(=O)N(N)C(=O)N1NC(c2ccc(-c3nc(C=O)cs3)cc2)=CS1. The van der Waals surface area contributed by atoms with E-state index in [4.69, 9.17) is 10.6 Å². The third-order valence-corrected chi connectivity index (χ3v) is 7.33. The van der Waals surface area contributed by atoms with Gasteiger partial charge in [0.1, 0.15) is 23.4 Å². The van der Waals surface area contributed by atoms with Crippen LogP contribution in [0.15, 0.2) is 59.6 Å². The van der Waals surface area contributed by atoms with Crippen LogP contribution in [0, 0.1) is 5.92 Å². The third-order valence-electron chi connectivity index (χ3n) is 5.62. The van der Waals surface area contributed by atoms with Gasteiger partial charge >= 0.3 is 12.1 Å². The zero-order chi connectivity index (χ0) is 28.6. The van der Waals surface area contributed by atoms with E-state index in [1.54, 1.807) is 35.3 Å². The van der Waals surface area contributed by atoms with Gasteiger partial charge in [0.05, 0.1) is 5.70 Å². The van der Waals surface area contributed by atoms with E-state index in [1.165, 1.54) is 11.3 Å². The van der Waals surface area contributed by atoms with Gasteiger partial charge in [-0.2, -0.15) is 9.42 Å². The van der Waals surface area contributed by atoms with Gasteiger partial charge in [0.25, 0.3) is 5.91 Å². The van der Waals surface area contributed by atoms with Gasteiger partial charge < -0.3 is 10.1 Å². The van der Waals surface area contributed by atoms with Gasteiger partial charge in [0.2, 0.25) is 0 Å². The molecule has 1 aromatic carbocycles. The predicted molar refractivity (Wildman–Crippen MR) is 151 cm³/mol. The number of thiazole rings is 1. The van der Waals surface area contributed by atoms with Crippen LogP contribution in [0.4, 0.5) is 9.59 Å². The summed E-state index contributed by atoms with van der Waals surface area (Å²) in [6.07, 6.45) is 3.29. The lowest BCUT2D eigenvalue weighted by atomic mass is 10.0. The minimum absolute atomic E-state index is 0.00437. The average Bonchev–Trinajstić information content (AvgIpc) is 3.65. The molecular weight excluding hydrogens is 554 g/mol. The van der Waals surface area contributed by atoms with Crippen molar-refractivity contribution in [2.75, 3.05) is 0 Å². The van der Waals surface area contributed by atoms with E-state index in [0.717, 1.165) is 38.1 Å². The third kappa shape index (κ3) is 7.22. The summed E-state index contributed by atoms with van der Waals surface area (Å²) in [4.78, 5) is 57.6. The van der Waals surface area contributed by atoms with Crippen LogP contribution in [0.3, 0.4) is 0 Å². The fourth-order valence-electron chi connectivity index (χ4n) is 3.62. The van der Waals surface area contributed by atoms with Crippen LogP contribution in [0.5, 0.6) is 0 Å². The van der Waals surface area contributed by atoms with E-state index >= 15 is 0 Å². The molecule has 0 bridgehead atoms. The number of aldehydes is 1. The smallest absolute Gasteiger partial charge is 0.408 e. The molecule has 3 aromatic rings.